The van der Waals surface area contributed by atoms with Gasteiger partial charge in [0, 0.05) is 43.5 Å². The Labute approximate surface area is 198 Å². The molecule has 1 N–H and O–H groups in total. The number of hydrogen-bond donors (Lipinski definition) is 1. The molecule has 0 bridgehead atoms. The van der Waals surface area contributed by atoms with Gasteiger partial charge in [0.25, 0.3) is 0 Å². The van der Waals surface area contributed by atoms with E-state index in [4.69, 9.17) is 9.47 Å². The predicted octanol–water partition coefficient (Wildman–Crippen LogP) is 2.83. The van der Waals surface area contributed by atoms with Crippen LogP contribution in [-0.2, 0) is 19.6 Å². The van der Waals surface area contributed by atoms with E-state index in [0.717, 1.165) is 12.8 Å². The molecule has 3 aliphatic rings. The van der Waals surface area contributed by atoms with Crippen LogP contribution in [0.4, 0.5) is 11.4 Å². The molecule has 0 spiro atoms. The molecule has 180 valence electrons. The summed E-state index contributed by atoms with van der Waals surface area (Å²) < 4.78 is 38.0. The Hall–Kier alpha value is -3.11. The molecule has 2 aromatic carbocycles. The number of sulfonamides is 1. The van der Waals surface area contributed by atoms with Crippen molar-refractivity contribution >= 4 is 33.2 Å². The number of carbonyl (C=O) groups excluding carboxylic acids is 2. The highest BCUT2D eigenvalue weighted by Gasteiger charge is 2.36. The second-order valence-electron chi connectivity index (χ2n) is 9.04. The van der Waals surface area contributed by atoms with E-state index in [-0.39, 0.29) is 36.5 Å². The fourth-order valence-corrected chi connectivity index (χ4v) is 5.99. The van der Waals surface area contributed by atoms with E-state index in [2.05, 4.69) is 12.2 Å². The van der Waals surface area contributed by atoms with Crippen molar-refractivity contribution in [1.82, 2.24) is 4.31 Å². The van der Waals surface area contributed by atoms with Crippen molar-refractivity contribution in [1.29, 1.82) is 0 Å². The lowest BCUT2D eigenvalue weighted by atomic mass is 10.0. The fourth-order valence-electron chi connectivity index (χ4n) is 4.52. The number of rotatable bonds is 5. The van der Waals surface area contributed by atoms with Gasteiger partial charge >= 0.3 is 0 Å². The van der Waals surface area contributed by atoms with Gasteiger partial charge in [-0.15, -0.1) is 0 Å². The van der Waals surface area contributed by atoms with Crippen molar-refractivity contribution in [3.63, 3.8) is 0 Å². The smallest absolute Gasteiger partial charge is 0.243 e. The molecule has 0 aromatic heterocycles. The maximum atomic E-state index is 13.0. The van der Waals surface area contributed by atoms with E-state index in [0.29, 0.717) is 41.9 Å². The van der Waals surface area contributed by atoms with E-state index < -0.39 is 15.9 Å². The van der Waals surface area contributed by atoms with E-state index in [1.165, 1.54) is 21.3 Å². The van der Waals surface area contributed by atoms with E-state index in [9.17, 15) is 18.0 Å². The minimum atomic E-state index is -3.56. The fraction of sp³-hybridized carbons (Fsp3) is 0.417. The van der Waals surface area contributed by atoms with Gasteiger partial charge in [0.2, 0.25) is 28.6 Å². The van der Waals surface area contributed by atoms with E-state index >= 15 is 0 Å². The van der Waals surface area contributed by atoms with E-state index in [1.54, 1.807) is 30.3 Å². The van der Waals surface area contributed by atoms with E-state index in [1.807, 2.05) is 0 Å². The Morgan fingerprint density at radius 1 is 1.03 bits per heavy atom. The van der Waals surface area contributed by atoms with Crippen LogP contribution in [0.2, 0.25) is 0 Å². The number of anilines is 2. The topological polar surface area (TPSA) is 105 Å². The van der Waals surface area contributed by atoms with Crippen LogP contribution in [0.25, 0.3) is 0 Å². The summed E-state index contributed by atoms with van der Waals surface area (Å²) in [5.74, 6) is 0.776. The molecule has 3 aliphatic heterocycles. The molecule has 2 saturated heterocycles. The Bertz CT molecular complexity index is 1210. The highest BCUT2D eigenvalue weighted by Crippen LogP contribution is 2.35. The van der Waals surface area contributed by atoms with Gasteiger partial charge in [-0.1, -0.05) is 6.92 Å². The molecule has 34 heavy (non-hydrogen) atoms. The Morgan fingerprint density at radius 3 is 2.47 bits per heavy atom. The Morgan fingerprint density at radius 2 is 1.74 bits per heavy atom. The number of carbonyl (C=O) groups is 2. The number of nitrogens with zero attached hydrogens (tertiary/aromatic N) is 2. The normalized spacial score (nSPS) is 21.1. The van der Waals surface area contributed by atoms with Gasteiger partial charge in [-0.25, -0.2) is 8.42 Å². The standard InChI is InChI=1S/C24H27N3O6S/c1-16-8-10-26(11-9-16)34(30,31)20-5-3-19(4-6-20)27-14-17(12-23(27)28)24(29)25-18-2-7-21-22(13-18)33-15-32-21/h2-7,13,16-17H,8-12,14-15H2,1H3,(H,25,29)/t17-/m1/s1. The first kappa shape index (κ1) is 22.7. The van der Waals surface area contributed by atoms with Crippen molar-refractivity contribution in [3.05, 3.63) is 42.5 Å². The highest BCUT2D eigenvalue weighted by atomic mass is 32.2. The van der Waals surface area contributed by atoms with Crippen LogP contribution in [0.5, 0.6) is 11.5 Å². The molecule has 0 aliphatic carbocycles. The number of fused-ring (bicyclic) bond motifs is 1. The summed E-state index contributed by atoms with van der Waals surface area (Å²) in [6.45, 7) is 3.56. The van der Waals surface area contributed by atoms with Gasteiger partial charge in [-0.3, -0.25) is 9.59 Å². The summed E-state index contributed by atoms with van der Waals surface area (Å²) in [6, 6.07) is 11.5. The molecule has 1 atom stereocenters. The van der Waals surface area contributed by atoms with Crippen LogP contribution in [0.3, 0.4) is 0 Å². The molecule has 0 unspecified atom stereocenters. The van der Waals surface area contributed by atoms with Gasteiger partial charge in [0.05, 0.1) is 10.8 Å². The third kappa shape index (κ3) is 4.35. The molecule has 2 aromatic rings. The number of amides is 2. The highest BCUT2D eigenvalue weighted by molar-refractivity contribution is 7.89. The number of piperidine rings is 1. The number of ether oxygens (including phenoxy) is 2. The summed E-state index contributed by atoms with van der Waals surface area (Å²) in [5.41, 5.74) is 1.15. The minimum Gasteiger partial charge on any atom is -0.454 e. The van der Waals surface area contributed by atoms with Crippen LogP contribution in [0.15, 0.2) is 47.4 Å². The minimum absolute atomic E-state index is 0.0857. The first-order chi connectivity index (χ1) is 16.3. The number of hydrogen-bond acceptors (Lipinski definition) is 6. The van der Waals surface area contributed by atoms with Crippen LogP contribution in [-0.4, -0.2) is 51.0 Å². The van der Waals surface area contributed by atoms with Gasteiger partial charge in [0.15, 0.2) is 11.5 Å². The summed E-state index contributed by atoms with van der Waals surface area (Å²) in [5, 5.41) is 2.84. The second kappa shape index (κ2) is 8.92. The molecule has 9 nitrogen and oxygen atoms in total. The molecular weight excluding hydrogens is 458 g/mol. The third-order valence-corrected chi connectivity index (χ3v) is 8.58. The maximum absolute atomic E-state index is 13.0. The maximum Gasteiger partial charge on any atom is 0.243 e. The molecule has 0 saturated carbocycles. The van der Waals surface area contributed by atoms with Crippen LogP contribution >= 0.6 is 0 Å². The van der Waals surface area contributed by atoms with Crippen molar-refractivity contribution in [2.45, 2.75) is 31.1 Å². The van der Waals surface area contributed by atoms with Crippen molar-refractivity contribution < 1.29 is 27.5 Å². The summed E-state index contributed by atoms with van der Waals surface area (Å²) in [6.07, 6.45) is 1.80. The molecule has 5 rings (SSSR count). The van der Waals surface area contributed by atoms with Crippen LogP contribution in [0, 0.1) is 11.8 Å². The zero-order chi connectivity index (χ0) is 23.9. The van der Waals surface area contributed by atoms with Gasteiger partial charge in [-0.2, -0.15) is 4.31 Å². The quantitative estimate of drug-likeness (QED) is 0.698. The largest absolute Gasteiger partial charge is 0.454 e. The van der Waals surface area contributed by atoms with Crippen LogP contribution < -0.4 is 19.7 Å². The predicted molar refractivity (Wildman–Crippen MR) is 125 cm³/mol. The average molecular weight is 486 g/mol. The monoisotopic (exact) mass is 485 g/mol. The lowest BCUT2D eigenvalue weighted by Gasteiger charge is -2.29. The Balaban J connectivity index is 1.24. The SMILES string of the molecule is CC1CCN(S(=O)(=O)c2ccc(N3C[C@H](C(=O)Nc4ccc5c(c4)OCO5)CC3=O)cc2)CC1. The average Bonchev–Trinajstić information content (AvgIpc) is 3.45. The molecular formula is C24H27N3O6S. The second-order valence-corrected chi connectivity index (χ2v) is 11.0. The lowest BCUT2D eigenvalue weighted by molar-refractivity contribution is -0.122. The molecule has 3 heterocycles. The summed E-state index contributed by atoms with van der Waals surface area (Å²) in [7, 11) is -3.56. The molecule has 0 radical (unpaired) electrons. The van der Waals surface area contributed by atoms with Crippen molar-refractivity contribution in [2.24, 2.45) is 11.8 Å². The van der Waals surface area contributed by atoms with Gasteiger partial charge < -0.3 is 19.7 Å². The first-order valence-electron chi connectivity index (χ1n) is 11.4. The summed E-state index contributed by atoms with van der Waals surface area (Å²) in [4.78, 5) is 27.2. The molecule has 2 fully saturated rings. The number of nitrogens with one attached hydrogen (secondary N) is 1. The third-order valence-electron chi connectivity index (χ3n) is 6.66. The van der Waals surface area contributed by atoms with Crippen LogP contribution in [0.1, 0.15) is 26.2 Å². The van der Waals surface area contributed by atoms with Gasteiger partial charge in [0.1, 0.15) is 0 Å². The lowest BCUT2D eigenvalue weighted by Crippen LogP contribution is -2.37. The molecule has 10 heteroatoms. The first-order valence-corrected chi connectivity index (χ1v) is 12.9. The van der Waals surface area contributed by atoms with Crippen molar-refractivity contribution in [2.75, 3.05) is 36.6 Å². The zero-order valence-electron chi connectivity index (χ0n) is 18.9. The Kier molecular flexibility index (Phi) is 5.95. The molecule has 2 amide bonds. The number of benzene rings is 2. The summed E-state index contributed by atoms with van der Waals surface area (Å²) >= 11 is 0. The van der Waals surface area contributed by atoms with Gasteiger partial charge in [-0.05, 0) is 55.2 Å². The van der Waals surface area contributed by atoms with Crippen molar-refractivity contribution in [3.8, 4) is 11.5 Å². The zero-order valence-corrected chi connectivity index (χ0v) is 19.7.